The SMILES string of the molecule is Nc1nc(-n2cccn2)ccc1C(=O)OCC1CC1. The molecule has 0 aromatic carbocycles. The lowest BCUT2D eigenvalue weighted by Crippen LogP contribution is -2.12. The third-order valence-corrected chi connectivity index (χ3v) is 3.02. The van der Waals surface area contributed by atoms with E-state index in [9.17, 15) is 4.79 Å². The van der Waals surface area contributed by atoms with Gasteiger partial charge < -0.3 is 10.5 Å². The molecule has 0 radical (unpaired) electrons. The van der Waals surface area contributed by atoms with E-state index in [1.807, 2.05) is 0 Å². The van der Waals surface area contributed by atoms with Crippen LogP contribution in [0.2, 0.25) is 0 Å². The second-order valence-electron chi connectivity index (χ2n) is 4.59. The van der Waals surface area contributed by atoms with E-state index in [0.717, 1.165) is 12.8 Å². The fourth-order valence-corrected chi connectivity index (χ4v) is 1.72. The van der Waals surface area contributed by atoms with Crippen LogP contribution in [0.3, 0.4) is 0 Å². The molecular formula is C13H14N4O2. The van der Waals surface area contributed by atoms with Crippen LogP contribution >= 0.6 is 0 Å². The highest BCUT2D eigenvalue weighted by Gasteiger charge is 2.24. The minimum absolute atomic E-state index is 0.161. The predicted octanol–water partition coefficient (Wildman–Crippen LogP) is 1.42. The Balaban J connectivity index is 1.77. The summed E-state index contributed by atoms with van der Waals surface area (Å²) in [6.45, 7) is 0.471. The number of rotatable bonds is 4. The van der Waals surface area contributed by atoms with Crippen LogP contribution < -0.4 is 5.73 Å². The van der Waals surface area contributed by atoms with Crippen LogP contribution in [0.25, 0.3) is 5.82 Å². The number of anilines is 1. The zero-order valence-electron chi connectivity index (χ0n) is 10.3. The lowest BCUT2D eigenvalue weighted by molar-refractivity contribution is 0.0487. The summed E-state index contributed by atoms with van der Waals surface area (Å²) in [5.41, 5.74) is 6.10. The molecule has 2 heterocycles. The number of nitrogen functional groups attached to an aromatic ring is 1. The molecule has 2 aromatic heterocycles. The van der Waals surface area contributed by atoms with Crippen LogP contribution in [0.1, 0.15) is 23.2 Å². The Kier molecular flexibility index (Phi) is 2.91. The van der Waals surface area contributed by atoms with Gasteiger partial charge in [0.1, 0.15) is 11.4 Å². The first-order valence-electron chi connectivity index (χ1n) is 6.17. The van der Waals surface area contributed by atoms with E-state index in [4.69, 9.17) is 10.5 Å². The average molecular weight is 258 g/mol. The van der Waals surface area contributed by atoms with E-state index in [2.05, 4.69) is 10.1 Å². The van der Waals surface area contributed by atoms with Crippen molar-refractivity contribution >= 4 is 11.8 Å². The Morgan fingerprint density at radius 3 is 2.95 bits per heavy atom. The van der Waals surface area contributed by atoms with Crippen molar-refractivity contribution in [1.29, 1.82) is 0 Å². The Hall–Kier alpha value is -2.37. The molecule has 3 rings (SSSR count). The summed E-state index contributed by atoms with van der Waals surface area (Å²) < 4.78 is 6.76. The van der Waals surface area contributed by atoms with Crippen molar-refractivity contribution < 1.29 is 9.53 Å². The van der Waals surface area contributed by atoms with Crippen molar-refractivity contribution in [3.63, 3.8) is 0 Å². The normalized spacial score (nSPS) is 14.3. The molecule has 0 amide bonds. The molecule has 0 unspecified atom stereocenters. The van der Waals surface area contributed by atoms with E-state index in [-0.39, 0.29) is 5.82 Å². The molecule has 2 aromatic rings. The standard InChI is InChI=1S/C13H14N4O2/c14-12-10(13(18)19-8-9-2-3-9)4-5-11(16-12)17-7-1-6-15-17/h1,4-7,9H,2-3,8H2,(H2,14,16). The summed E-state index contributed by atoms with van der Waals surface area (Å²) in [6, 6.07) is 5.10. The van der Waals surface area contributed by atoms with Gasteiger partial charge in [-0.1, -0.05) is 0 Å². The molecule has 0 aliphatic heterocycles. The fourth-order valence-electron chi connectivity index (χ4n) is 1.72. The molecule has 1 saturated carbocycles. The molecule has 0 bridgehead atoms. The monoisotopic (exact) mass is 258 g/mol. The molecule has 1 aliphatic carbocycles. The zero-order chi connectivity index (χ0) is 13.2. The number of ether oxygens (including phenoxy) is 1. The van der Waals surface area contributed by atoms with Crippen LogP contribution in [0.4, 0.5) is 5.82 Å². The molecule has 2 N–H and O–H groups in total. The number of hydrogen-bond acceptors (Lipinski definition) is 5. The van der Waals surface area contributed by atoms with Gasteiger partial charge in [-0.15, -0.1) is 0 Å². The van der Waals surface area contributed by atoms with Gasteiger partial charge in [-0.05, 0) is 37.0 Å². The van der Waals surface area contributed by atoms with Gasteiger partial charge >= 0.3 is 5.97 Å². The minimum Gasteiger partial charge on any atom is -0.462 e. The van der Waals surface area contributed by atoms with E-state index in [1.54, 1.807) is 35.3 Å². The average Bonchev–Trinajstić information content (AvgIpc) is 3.07. The quantitative estimate of drug-likeness (QED) is 0.838. The molecule has 0 atom stereocenters. The highest BCUT2D eigenvalue weighted by molar-refractivity contribution is 5.94. The number of nitrogens with two attached hydrogens (primary N) is 1. The Morgan fingerprint density at radius 2 is 2.32 bits per heavy atom. The van der Waals surface area contributed by atoms with E-state index < -0.39 is 5.97 Å². The zero-order valence-corrected chi connectivity index (χ0v) is 10.3. The smallest absolute Gasteiger partial charge is 0.341 e. The second-order valence-corrected chi connectivity index (χ2v) is 4.59. The number of aromatic nitrogens is 3. The Bertz CT molecular complexity index is 591. The third-order valence-electron chi connectivity index (χ3n) is 3.02. The summed E-state index contributed by atoms with van der Waals surface area (Å²) in [5, 5.41) is 4.05. The first kappa shape index (κ1) is 11.7. The van der Waals surface area contributed by atoms with Crippen molar-refractivity contribution in [3.05, 3.63) is 36.2 Å². The summed E-state index contributed by atoms with van der Waals surface area (Å²) in [4.78, 5) is 16.0. The van der Waals surface area contributed by atoms with Crippen LogP contribution in [0.15, 0.2) is 30.6 Å². The molecule has 1 fully saturated rings. The largest absolute Gasteiger partial charge is 0.462 e. The Labute approximate surface area is 110 Å². The third kappa shape index (κ3) is 2.57. The number of hydrogen-bond donors (Lipinski definition) is 1. The highest BCUT2D eigenvalue weighted by atomic mass is 16.5. The maximum atomic E-state index is 11.8. The van der Waals surface area contributed by atoms with Gasteiger partial charge in [0, 0.05) is 12.4 Å². The van der Waals surface area contributed by atoms with Gasteiger partial charge in [0.2, 0.25) is 0 Å². The summed E-state index contributed by atoms with van der Waals surface area (Å²) in [5.74, 6) is 0.848. The summed E-state index contributed by atoms with van der Waals surface area (Å²) >= 11 is 0. The van der Waals surface area contributed by atoms with Gasteiger partial charge in [-0.25, -0.2) is 14.5 Å². The molecule has 19 heavy (non-hydrogen) atoms. The number of nitrogens with zero attached hydrogens (tertiary/aromatic N) is 3. The van der Waals surface area contributed by atoms with Gasteiger partial charge in [-0.3, -0.25) is 0 Å². The Morgan fingerprint density at radius 1 is 1.47 bits per heavy atom. The minimum atomic E-state index is -0.413. The van der Waals surface area contributed by atoms with E-state index >= 15 is 0 Å². The predicted molar refractivity (Wildman–Crippen MR) is 68.8 cm³/mol. The summed E-state index contributed by atoms with van der Waals surface area (Å²) in [6.07, 6.45) is 5.68. The molecule has 6 nitrogen and oxygen atoms in total. The molecule has 0 spiro atoms. The molecule has 98 valence electrons. The maximum Gasteiger partial charge on any atom is 0.341 e. The van der Waals surface area contributed by atoms with E-state index in [1.165, 1.54) is 0 Å². The van der Waals surface area contributed by atoms with Crippen molar-refractivity contribution in [3.8, 4) is 5.82 Å². The van der Waals surface area contributed by atoms with Crippen molar-refractivity contribution in [2.24, 2.45) is 5.92 Å². The van der Waals surface area contributed by atoms with Crippen molar-refractivity contribution in [2.75, 3.05) is 12.3 Å². The van der Waals surface area contributed by atoms with Crippen molar-refractivity contribution in [2.45, 2.75) is 12.8 Å². The van der Waals surface area contributed by atoms with Crippen LogP contribution in [0, 0.1) is 5.92 Å². The first-order chi connectivity index (χ1) is 9.24. The van der Waals surface area contributed by atoms with Crippen LogP contribution in [0.5, 0.6) is 0 Å². The number of esters is 1. The number of carbonyl (C=O) groups excluding carboxylic acids is 1. The van der Waals surface area contributed by atoms with Crippen LogP contribution in [-0.4, -0.2) is 27.3 Å². The highest BCUT2D eigenvalue weighted by Crippen LogP contribution is 2.29. The van der Waals surface area contributed by atoms with Crippen LogP contribution in [-0.2, 0) is 4.74 Å². The maximum absolute atomic E-state index is 11.8. The number of carbonyl (C=O) groups is 1. The lowest BCUT2D eigenvalue weighted by atomic mass is 10.2. The molecular weight excluding hydrogens is 244 g/mol. The second kappa shape index (κ2) is 4.72. The number of pyridine rings is 1. The topological polar surface area (TPSA) is 83.0 Å². The molecule has 0 saturated heterocycles. The van der Waals surface area contributed by atoms with Gasteiger partial charge in [-0.2, -0.15) is 5.10 Å². The van der Waals surface area contributed by atoms with Gasteiger partial charge in [0.05, 0.1) is 6.61 Å². The van der Waals surface area contributed by atoms with Gasteiger partial charge in [0.25, 0.3) is 0 Å². The van der Waals surface area contributed by atoms with E-state index in [0.29, 0.717) is 23.9 Å². The summed E-state index contributed by atoms with van der Waals surface area (Å²) in [7, 11) is 0. The first-order valence-corrected chi connectivity index (χ1v) is 6.17. The lowest BCUT2D eigenvalue weighted by Gasteiger charge is -2.07. The van der Waals surface area contributed by atoms with Crippen molar-refractivity contribution in [1.82, 2.24) is 14.8 Å². The molecule has 1 aliphatic rings. The molecule has 6 heteroatoms. The van der Waals surface area contributed by atoms with Gasteiger partial charge in [0.15, 0.2) is 5.82 Å². The fraction of sp³-hybridized carbons (Fsp3) is 0.308.